The lowest BCUT2D eigenvalue weighted by Crippen LogP contribution is -2.40. The topological polar surface area (TPSA) is 58.4 Å². The molecule has 0 amide bonds. The monoisotopic (exact) mass is 311 g/mol. The minimum atomic E-state index is -0.462. The number of likely N-dealkylation sites (tertiary alicyclic amines) is 1. The molecular formula is C15H22ClN3O2. The van der Waals surface area contributed by atoms with E-state index in [9.17, 15) is 10.1 Å². The van der Waals surface area contributed by atoms with E-state index >= 15 is 0 Å². The molecule has 0 radical (unpaired) electrons. The number of nitro benzene ring substituents is 1. The summed E-state index contributed by atoms with van der Waals surface area (Å²) >= 11 is 5.93. The first kappa shape index (κ1) is 16.0. The third-order valence-electron chi connectivity index (χ3n) is 3.73. The van der Waals surface area contributed by atoms with Crippen molar-refractivity contribution in [2.45, 2.75) is 32.7 Å². The van der Waals surface area contributed by atoms with Gasteiger partial charge in [0.05, 0.1) is 4.92 Å². The van der Waals surface area contributed by atoms with Gasteiger partial charge >= 0.3 is 0 Å². The van der Waals surface area contributed by atoms with E-state index in [0.29, 0.717) is 12.0 Å². The molecule has 1 aliphatic rings. The van der Waals surface area contributed by atoms with Gasteiger partial charge < -0.3 is 10.2 Å². The SMILES string of the molecule is CC(C)CN1CCC(Nc2ccc([N+](=O)[O-])c(Cl)c2)CC1. The Hall–Kier alpha value is -1.33. The van der Waals surface area contributed by atoms with Crippen molar-refractivity contribution in [2.24, 2.45) is 5.92 Å². The number of rotatable bonds is 5. The predicted octanol–water partition coefficient (Wildman–Crippen LogP) is 3.78. The third kappa shape index (κ3) is 4.58. The maximum absolute atomic E-state index is 10.7. The first-order valence-electron chi connectivity index (χ1n) is 7.38. The number of hydrogen-bond donors (Lipinski definition) is 1. The van der Waals surface area contributed by atoms with Crippen LogP contribution in [0, 0.1) is 16.0 Å². The average molecular weight is 312 g/mol. The second kappa shape index (κ2) is 7.09. The fourth-order valence-electron chi connectivity index (χ4n) is 2.76. The molecule has 5 nitrogen and oxygen atoms in total. The molecule has 1 fully saturated rings. The molecule has 2 rings (SSSR count). The molecule has 1 heterocycles. The number of halogens is 1. The summed E-state index contributed by atoms with van der Waals surface area (Å²) in [5, 5.41) is 14.4. The molecular weight excluding hydrogens is 290 g/mol. The second-order valence-corrected chi connectivity index (χ2v) is 6.44. The lowest BCUT2D eigenvalue weighted by Gasteiger charge is -2.33. The van der Waals surface area contributed by atoms with Gasteiger partial charge in [-0.15, -0.1) is 0 Å². The fourth-order valence-corrected chi connectivity index (χ4v) is 3.01. The van der Waals surface area contributed by atoms with E-state index < -0.39 is 4.92 Å². The molecule has 0 atom stereocenters. The smallest absolute Gasteiger partial charge is 0.288 e. The van der Waals surface area contributed by atoms with E-state index in [1.807, 2.05) is 0 Å². The van der Waals surface area contributed by atoms with Crippen LogP contribution in [0.2, 0.25) is 5.02 Å². The Morgan fingerprint density at radius 3 is 2.62 bits per heavy atom. The van der Waals surface area contributed by atoms with E-state index in [4.69, 9.17) is 11.6 Å². The van der Waals surface area contributed by atoms with Crippen LogP contribution < -0.4 is 5.32 Å². The summed E-state index contributed by atoms with van der Waals surface area (Å²) in [5.74, 6) is 0.697. The van der Waals surface area contributed by atoms with Gasteiger partial charge in [0, 0.05) is 37.4 Å². The van der Waals surface area contributed by atoms with Crippen LogP contribution in [0.5, 0.6) is 0 Å². The van der Waals surface area contributed by atoms with Crippen molar-refractivity contribution in [3.63, 3.8) is 0 Å². The third-order valence-corrected chi connectivity index (χ3v) is 4.03. The van der Waals surface area contributed by atoms with Gasteiger partial charge in [-0.25, -0.2) is 0 Å². The number of piperidine rings is 1. The number of hydrogen-bond acceptors (Lipinski definition) is 4. The predicted molar refractivity (Wildman–Crippen MR) is 86.0 cm³/mol. The molecule has 116 valence electrons. The van der Waals surface area contributed by atoms with Crippen LogP contribution in [0.15, 0.2) is 18.2 Å². The van der Waals surface area contributed by atoms with E-state index in [1.165, 1.54) is 6.07 Å². The number of nitrogens with one attached hydrogen (secondary N) is 1. The van der Waals surface area contributed by atoms with Gasteiger partial charge in [0.25, 0.3) is 5.69 Å². The van der Waals surface area contributed by atoms with Crippen LogP contribution in [0.1, 0.15) is 26.7 Å². The number of nitrogens with zero attached hydrogens (tertiary/aromatic N) is 2. The molecule has 6 heteroatoms. The Balaban J connectivity index is 1.89. The molecule has 0 unspecified atom stereocenters. The summed E-state index contributed by atoms with van der Waals surface area (Å²) in [7, 11) is 0. The zero-order chi connectivity index (χ0) is 15.4. The second-order valence-electron chi connectivity index (χ2n) is 6.04. The Labute approximate surface area is 130 Å². The van der Waals surface area contributed by atoms with Crippen LogP contribution in [0.3, 0.4) is 0 Å². The van der Waals surface area contributed by atoms with Gasteiger partial charge in [-0.1, -0.05) is 25.4 Å². The minimum Gasteiger partial charge on any atom is -0.382 e. The van der Waals surface area contributed by atoms with Crippen LogP contribution in [-0.2, 0) is 0 Å². The quantitative estimate of drug-likeness (QED) is 0.664. The largest absolute Gasteiger partial charge is 0.382 e. The minimum absolute atomic E-state index is 0.0473. The van der Waals surface area contributed by atoms with Gasteiger partial charge in [-0.05, 0) is 30.9 Å². The standard InChI is InChI=1S/C15H22ClN3O2/c1-11(2)10-18-7-5-12(6-8-18)17-13-3-4-15(19(20)21)14(16)9-13/h3-4,9,11-12,17H,5-8,10H2,1-2H3. The molecule has 1 aromatic carbocycles. The highest BCUT2D eigenvalue weighted by atomic mass is 35.5. The molecule has 0 aromatic heterocycles. The summed E-state index contributed by atoms with van der Waals surface area (Å²) in [6.07, 6.45) is 2.17. The highest BCUT2D eigenvalue weighted by Crippen LogP contribution is 2.28. The molecule has 1 aromatic rings. The highest BCUT2D eigenvalue weighted by molar-refractivity contribution is 6.32. The summed E-state index contributed by atoms with van der Waals surface area (Å²) < 4.78 is 0. The molecule has 21 heavy (non-hydrogen) atoms. The van der Waals surface area contributed by atoms with Gasteiger partial charge in [0.1, 0.15) is 5.02 Å². The van der Waals surface area contributed by atoms with E-state index in [1.54, 1.807) is 12.1 Å². The van der Waals surface area contributed by atoms with E-state index in [-0.39, 0.29) is 10.7 Å². The van der Waals surface area contributed by atoms with Crippen molar-refractivity contribution in [1.29, 1.82) is 0 Å². The molecule has 1 saturated heterocycles. The highest BCUT2D eigenvalue weighted by Gasteiger charge is 2.20. The zero-order valence-electron chi connectivity index (χ0n) is 12.5. The van der Waals surface area contributed by atoms with Crippen molar-refractivity contribution in [1.82, 2.24) is 4.90 Å². The Bertz CT molecular complexity index is 500. The molecule has 1 aliphatic heterocycles. The van der Waals surface area contributed by atoms with Crippen molar-refractivity contribution in [2.75, 3.05) is 25.0 Å². The molecule has 0 bridgehead atoms. The van der Waals surface area contributed by atoms with Gasteiger partial charge in [-0.3, -0.25) is 10.1 Å². The number of anilines is 1. The Kier molecular flexibility index (Phi) is 5.42. The van der Waals surface area contributed by atoms with Crippen molar-refractivity contribution in [3.05, 3.63) is 33.3 Å². The van der Waals surface area contributed by atoms with Gasteiger partial charge in [-0.2, -0.15) is 0 Å². The van der Waals surface area contributed by atoms with Gasteiger partial charge in [0.2, 0.25) is 0 Å². The molecule has 0 saturated carbocycles. The summed E-state index contributed by atoms with van der Waals surface area (Å²) in [5.41, 5.74) is 0.807. The van der Waals surface area contributed by atoms with E-state index in [0.717, 1.165) is 38.2 Å². The lowest BCUT2D eigenvalue weighted by molar-refractivity contribution is -0.384. The number of benzene rings is 1. The summed E-state index contributed by atoms with van der Waals surface area (Å²) in [6, 6.07) is 5.23. The lowest BCUT2D eigenvalue weighted by atomic mass is 10.0. The average Bonchev–Trinajstić information content (AvgIpc) is 2.40. The van der Waals surface area contributed by atoms with Crippen molar-refractivity contribution >= 4 is 23.0 Å². The maximum Gasteiger partial charge on any atom is 0.288 e. The molecule has 1 N–H and O–H groups in total. The normalized spacial score (nSPS) is 17.1. The maximum atomic E-state index is 10.7. The molecule has 0 spiro atoms. The number of nitro groups is 1. The zero-order valence-corrected chi connectivity index (χ0v) is 13.3. The Morgan fingerprint density at radius 2 is 2.10 bits per heavy atom. The van der Waals surface area contributed by atoms with Crippen LogP contribution in [-0.4, -0.2) is 35.5 Å². The van der Waals surface area contributed by atoms with Crippen molar-refractivity contribution < 1.29 is 4.92 Å². The fraction of sp³-hybridized carbons (Fsp3) is 0.600. The van der Waals surface area contributed by atoms with Crippen LogP contribution in [0.4, 0.5) is 11.4 Å². The van der Waals surface area contributed by atoms with E-state index in [2.05, 4.69) is 24.1 Å². The summed E-state index contributed by atoms with van der Waals surface area (Å²) in [6.45, 7) is 7.82. The van der Waals surface area contributed by atoms with Crippen LogP contribution >= 0.6 is 11.6 Å². The molecule has 0 aliphatic carbocycles. The first-order chi connectivity index (χ1) is 9.95. The first-order valence-corrected chi connectivity index (χ1v) is 7.76. The Morgan fingerprint density at radius 1 is 1.43 bits per heavy atom. The van der Waals surface area contributed by atoms with Crippen LogP contribution in [0.25, 0.3) is 0 Å². The summed E-state index contributed by atoms with van der Waals surface area (Å²) in [4.78, 5) is 12.8. The van der Waals surface area contributed by atoms with Gasteiger partial charge in [0.15, 0.2) is 0 Å². The van der Waals surface area contributed by atoms with Crippen molar-refractivity contribution in [3.8, 4) is 0 Å².